The summed E-state index contributed by atoms with van der Waals surface area (Å²) >= 11 is 0. The summed E-state index contributed by atoms with van der Waals surface area (Å²) in [5.74, 6) is 0.271. The van der Waals surface area contributed by atoms with Crippen LogP contribution in [0.15, 0.2) is 18.2 Å². The largest absolute Gasteiger partial charge is 0.313 e. The Morgan fingerprint density at radius 3 is 2.67 bits per heavy atom. The van der Waals surface area contributed by atoms with E-state index in [0.29, 0.717) is 12.5 Å². The number of hydrogen-bond acceptors (Lipinski definition) is 2. The van der Waals surface area contributed by atoms with Gasteiger partial charge in [-0.3, -0.25) is 0 Å². The van der Waals surface area contributed by atoms with Crippen molar-refractivity contribution in [2.45, 2.75) is 51.5 Å². The zero-order chi connectivity index (χ0) is 13.0. The summed E-state index contributed by atoms with van der Waals surface area (Å²) in [6.45, 7) is 1.67. The second-order valence-corrected chi connectivity index (χ2v) is 5.32. The molecule has 0 saturated carbocycles. The molecule has 2 heteroatoms. The van der Waals surface area contributed by atoms with Gasteiger partial charge in [-0.2, -0.15) is 0 Å². The Labute approximate surface area is 110 Å². The highest BCUT2D eigenvalue weighted by Crippen LogP contribution is 2.26. The average Bonchev–Trinajstić information content (AvgIpc) is 2.39. The van der Waals surface area contributed by atoms with Crippen LogP contribution >= 0.6 is 0 Å². The van der Waals surface area contributed by atoms with Crippen LogP contribution in [0.1, 0.15) is 55.3 Å². The molecule has 1 aliphatic rings. The quantitative estimate of drug-likeness (QED) is 0.863. The minimum Gasteiger partial charge on any atom is -0.313 e. The molecule has 98 valence electrons. The van der Waals surface area contributed by atoms with Gasteiger partial charge in [0.05, 0.1) is 0 Å². The van der Waals surface area contributed by atoms with Gasteiger partial charge in [-0.25, -0.2) is 0 Å². The fourth-order valence-electron chi connectivity index (χ4n) is 2.80. The molecule has 2 rings (SSSR count). The number of nitrogens with one attached hydrogen (secondary N) is 1. The number of carbonyl (C=O) groups is 1. The van der Waals surface area contributed by atoms with E-state index in [1.54, 1.807) is 6.92 Å². The highest BCUT2D eigenvalue weighted by Gasteiger charge is 2.14. The number of carbonyl (C=O) groups excluding carboxylic acids is 1. The summed E-state index contributed by atoms with van der Waals surface area (Å²) in [6, 6.07) is 7.16. The Morgan fingerprint density at radius 2 is 2.00 bits per heavy atom. The second-order valence-electron chi connectivity index (χ2n) is 5.32. The topological polar surface area (TPSA) is 29.1 Å². The summed E-state index contributed by atoms with van der Waals surface area (Å²) in [4.78, 5) is 11.1. The molecule has 1 atom stereocenters. The van der Waals surface area contributed by atoms with Gasteiger partial charge in [-0.05, 0) is 62.8 Å². The van der Waals surface area contributed by atoms with Crippen molar-refractivity contribution in [3.05, 3.63) is 34.9 Å². The van der Waals surface area contributed by atoms with E-state index in [1.165, 1.54) is 42.4 Å². The van der Waals surface area contributed by atoms with Crippen LogP contribution in [0.3, 0.4) is 0 Å². The van der Waals surface area contributed by atoms with Gasteiger partial charge in [0, 0.05) is 12.5 Å². The van der Waals surface area contributed by atoms with E-state index in [2.05, 4.69) is 23.5 Å². The third kappa shape index (κ3) is 3.20. The van der Waals surface area contributed by atoms with Crippen molar-refractivity contribution in [3.63, 3.8) is 0 Å². The first kappa shape index (κ1) is 13.3. The van der Waals surface area contributed by atoms with Gasteiger partial charge in [0.25, 0.3) is 0 Å². The lowest BCUT2D eigenvalue weighted by Crippen LogP contribution is -2.18. The van der Waals surface area contributed by atoms with E-state index in [0.717, 1.165) is 6.42 Å². The maximum Gasteiger partial charge on any atom is 0.129 e. The molecule has 1 aliphatic carbocycles. The van der Waals surface area contributed by atoms with Gasteiger partial charge in [0.2, 0.25) is 0 Å². The Hall–Kier alpha value is -1.15. The first-order chi connectivity index (χ1) is 8.70. The molecule has 0 aliphatic heterocycles. The van der Waals surface area contributed by atoms with Crippen molar-refractivity contribution in [1.82, 2.24) is 5.32 Å². The second kappa shape index (κ2) is 6.14. The number of ketones is 1. The summed E-state index contributed by atoms with van der Waals surface area (Å²) in [7, 11) is 1.98. The first-order valence-electron chi connectivity index (χ1n) is 6.99. The number of fused-ring (bicyclic) bond motifs is 1. The maximum atomic E-state index is 11.1. The highest BCUT2D eigenvalue weighted by atomic mass is 16.1. The summed E-state index contributed by atoms with van der Waals surface area (Å²) in [5, 5.41) is 3.33. The van der Waals surface area contributed by atoms with Crippen molar-refractivity contribution in [2.24, 2.45) is 0 Å². The van der Waals surface area contributed by atoms with Crippen LogP contribution in [0.5, 0.6) is 0 Å². The summed E-state index contributed by atoms with van der Waals surface area (Å²) < 4.78 is 0. The number of aryl methyl sites for hydroxylation is 2. The smallest absolute Gasteiger partial charge is 0.129 e. The lowest BCUT2D eigenvalue weighted by atomic mass is 9.88. The number of Topliss-reactive ketones (excluding diaryl/α,β-unsaturated/α-hetero) is 1. The van der Waals surface area contributed by atoms with E-state index in [1.807, 2.05) is 7.05 Å². The number of rotatable bonds is 5. The van der Waals surface area contributed by atoms with E-state index in [-0.39, 0.29) is 5.78 Å². The summed E-state index contributed by atoms with van der Waals surface area (Å²) in [5.41, 5.74) is 4.37. The standard InChI is InChI=1S/C16H23NO/c1-12(18)7-10-16(17-2)15-9-8-13-5-3-4-6-14(13)11-15/h8-9,11,16-17H,3-7,10H2,1-2H3. The number of benzene rings is 1. The maximum absolute atomic E-state index is 11.1. The van der Waals surface area contributed by atoms with Crippen LogP contribution in [-0.2, 0) is 17.6 Å². The van der Waals surface area contributed by atoms with Gasteiger partial charge >= 0.3 is 0 Å². The zero-order valence-electron chi connectivity index (χ0n) is 11.5. The van der Waals surface area contributed by atoms with Crippen LogP contribution in [0.4, 0.5) is 0 Å². The van der Waals surface area contributed by atoms with Crippen molar-refractivity contribution in [2.75, 3.05) is 7.05 Å². The van der Waals surface area contributed by atoms with Crippen LogP contribution < -0.4 is 5.32 Å². The third-order valence-corrected chi connectivity index (χ3v) is 3.91. The third-order valence-electron chi connectivity index (χ3n) is 3.91. The zero-order valence-corrected chi connectivity index (χ0v) is 11.5. The van der Waals surface area contributed by atoms with E-state index < -0.39 is 0 Å². The molecule has 18 heavy (non-hydrogen) atoms. The first-order valence-corrected chi connectivity index (χ1v) is 6.99. The summed E-state index contributed by atoms with van der Waals surface area (Å²) in [6.07, 6.45) is 6.63. The predicted molar refractivity (Wildman–Crippen MR) is 74.8 cm³/mol. The monoisotopic (exact) mass is 245 g/mol. The van der Waals surface area contributed by atoms with Crippen molar-refractivity contribution in [1.29, 1.82) is 0 Å². The molecule has 1 aromatic carbocycles. The molecule has 1 aromatic rings. The number of hydrogen-bond donors (Lipinski definition) is 1. The molecule has 0 amide bonds. The average molecular weight is 245 g/mol. The molecule has 1 N–H and O–H groups in total. The Morgan fingerprint density at radius 1 is 1.28 bits per heavy atom. The van der Waals surface area contributed by atoms with Crippen LogP contribution in [-0.4, -0.2) is 12.8 Å². The molecule has 0 heterocycles. The van der Waals surface area contributed by atoms with E-state index in [9.17, 15) is 4.79 Å². The lowest BCUT2D eigenvalue weighted by Gasteiger charge is -2.21. The normalized spacial score (nSPS) is 16.1. The molecule has 0 spiro atoms. The molecule has 0 radical (unpaired) electrons. The van der Waals surface area contributed by atoms with Gasteiger partial charge < -0.3 is 10.1 Å². The Bertz CT molecular complexity index is 425. The molecule has 0 bridgehead atoms. The Kier molecular flexibility index (Phi) is 4.54. The predicted octanol–water partition coefficient (Wildman–Crippen LogP) is 3.20. The van der Waals surface area contributed by atoms with Crippen LogP contribution in [0.25, 0.3) is 0 Å². The van der Waals surface area contributed by atoms with Crippen molar-refractivity contribution < 1.29 is 4.79 Å². The minimum absolute atomic E-state index is 0.271. The molecule has 2 nitrogen and oxygen atoms in total. The van der Waals surface area contributed by atoms with Gasteiger partial charge in [0.1, 0.15) is 5.78 Å². The van der Waals surface area contributed by atoms with Gasteiger partial charge in [0.15, 0.2) is 0 Å². The van der Waals surface area contributed by atoms with Gasteiger partial charge in [-0.1, -0.05) is 18.2 Å². The molecule has 0 saturated heterocycles. The lowest BCUT2D eigenvalue weighted by molar-refractivity contribution is -0.117. The van der Waals surface area contributed by atoms with Crippen molar-refractivity contribution in [3.8, 4) is 0 Å². The van der Waals surface area contributed by atoms with Crippen molar-refractivity contribution >= 4 is 5.78 Å². The highest BCUT2D eigenvalue weighted by molar-refractivity contribution is 5.75. The molecule has 1 unspecified atom stereocenters. The van der Waals surface area contributed by atoms with Gasteiger partial charge in [-0.15, -0.1) is 0 Å². The van der Waals surface area contributed by atoms with Crippen LogP contribution in [0, 0.1) is 0 Å². The molecule has 0 aromatic heterocycles. The van der Waals surface area contributed by atoms with E-state index >= 15 is 0 Å². The molecular formula is C16H23NO. The van der Waals surface area contributed by atoms with E-state index in [4.69, 9.17) is 0 Å². The molecular weight excluding hydrogens is 222 g/mol. The molecule has 0 fully saturated rings. The fourth-order valence-corrected chi connectivity index (χ4v) is 2.80. The Balaban J connectivity index is 2.12. The fraction of sp³-hybridized carbons (Fsp3) is 0.562. The minimum atomic E-state index is 0.271. The van der Waals surface area contributed by atoms with Crippen LogP contribution in [0.2, 0.25) is 0 Å². The SMILES string of the molecule is CNC(CCC(C)=O)c1ccc2c(c1)CCCC2.